The van der Waals surface area contributed by atoms with Crippen LogP contribution >= 0.6 is 17.2 Å². The maximum absolute atomic E-state index is 5.85. The van der Waals surface area contributed by atoms with Crippen molar-refractivity contribution in [3.05, 3.63) is 70.8 Å². The van der Waals surface area contributed by atoms with Crippen molar-refractivity contribution in [2.45, 2.75) is 26.7 Å². The molecule has 2 fully saturated rings. The molecule has 0 N–H and O–H groups in total. The molecule has 2 aliphatic rings. The zero-order chi connectivity index (χ0) is 21.5. The van der Waals surface area contributed by atoms with E-state index in [1.807, 2.05) is 0 Å². The summed E-state index contributed by atoms with van der Waals surface area (Å²) >= 11 is 0. The molecule has 1 spiro atoms. The Kier molecular flexibility index (Phi) is 8.44. The summed E-state index contributed by atoms with van der Waals surface area (Å²) in [6.07, 6.45) is 1.68. The monoisotopic (exact) mass is 464 g/mol. The van der Waals surface area contributed by atoms with Crippen LogP contribution in [0.2, 0.25) is 0 Å². The molecule has 0 unspecified atom stereocenters. The Bertz CT molecular complexity index is 759. The molecule has 2 saturated heterocycles. The highest BCUT2D eigenvalue weighted by Gasteiger charge is 2.43. The van der Waals surface area contributed by atoms with Gasteiger partial charge in [0.2, 0.25) is 0 Å². The van der Waals surface area contributed by atoms with Crippen LogP contribution in [0, 0.1) is 19.3 Å². The summed E-state index contributed by atoms with van der Waals surface area (Å²) in [4.78, 5) is 0. The normalized spacial score (nSPS) is 26.3. The summed E-state index contributed by atoms with van der Waals surface area (Å²) in [6.45, 7) is 7.38. The zero-order valence-corrected chi connectivity index (χ0v) is 19.9. The van der Waals surface area contributed by atoms with Crippen LogP contribution in [0.25, 0.3) is 0 Å². The van der Waals surface area contributed by atoms with Crippen molar-refractivity contribution in [1.82, 2.24) is 0 Å². The lowest BCUT2D eigenvalue weighted by atomic mass is 9.93. The van der Waals surface area contributed by atoms with Crippen LogP contribution < -0.4 is 0 Å². The molecule has 2 aromatic carbocycles. The van der Waals surface area contributed by atoms with Gasteiger partial charge in [-0.3, -0.25) is 0 Å². The molecule has 0 saturated carbocycles. The van der Waals surface area contributed by atoms with E-state index in [0.717, 1.165) is 12.8 Å². The zero-order valence-electron chi connectivity index (χ0n) is 18.1. The van der Waals surface area contributed by atoms with Gasteiger partial charge in [0.05, 0.1) is 45.1 Å². The van der Waals surface area contributed by atoms with Crippen LogP contribution in [-0.4, -0.2) is 39.6 Å². The number of rotatable bonds is 8. The summed E-state index contributed by atoms with van der Waals surface area (Å²) in [7, 11) is -2.62. The lowest BCUT2D eigenvalue weighted by Crippen LogP contribution is -2.44. The number of benzene rings is 2. The van der Waals surface area contributed by atoms with Gasteiger partial charge in [0.15, 0.2) is 0 Å². The topological polar surface area (TPSA) is 55.4 Å². The summed E-state index contributed by atoms with van der Waals surface area (Å²) in [5.41, 5.74) is 4.75. The molecule has 0 amide bonds. The molecule has 0 radical (unpaired) electrons. The summed E-state index contributed by atoms with van der Waals surface area (Å²) in [6, 6.07) is 16.9. The number of hydrogen-bond donors (Lipinski definition) is 0. The lowest BCUT2D eigenvalue weighted by Gasteiger charge is -2.41. The molecule has 31 heavy (non-hydrogen) atoms. The van der Waals surface area contributed by atoms with E-state index < -0.39 is 17.2 Å². The third-order valence-electron chi connectivity index (χ3n) is 5.24. The second kappa shape index (κ2) is 11.3. The Hall–Kier alpha value is -0.940. The molecule has 4 rings (SSSR count). The first-order valence-corrected chi connectivity index (χ1v) is 12.8. The molecule has 0 bridgehead atoms. The average molecular weight is 464 g/mol. The van der Waals surface area contributed by atoms with Gasteiger partial charge < -0.3 is 27.1 Å². The van der Waals surface area contributed by atoms with Crippen molar-refractivity contribution in [2.75, 3.05) is 39.6 Å². The highest BCUT2D eigenvalue weighted by atomic mass is 31.2. The van der Waals surface area contributed by atoms with Gasteiger partial charge in [0.1, 0.15) is 0 Å². The van der Waals surface area contributed by atoms with Gasteiger partial charge in [-0.1, -0.05) is 59.7 Å². The number of aryl methyl sites for hydroxylation is 2. The molecular weight excluding hydrogens is 434 g/mol. The van der Waals surface area contributed by atoms with Gasteiger partial charge >= 0.3 is 17.2 Å². The predicted octanol–water partition coefficient (Wildman–Crippen LogP) is 5.66. The van der Waals surface area contributed by atoms with E-state index in [2.05, 4.69) is 62.4 Å². The van der Waals surface area contributed by atoms with E-state index >= 15 is 0 Å². The standard InChI is InChI=1S/C23H30O6P2/c1-19-5-3-7-21(13-19)9-11-24-30-26-15-23(16-27-30)17-28-31(29-18-23)25-12-10-22-8-4-6-20(2)14-22/h3-8,13-14H,9-12,15-18H2,1-2H3. The van der Waals surface area contributed by atoms with Gasteiger partial charge in [0.25, 0.3) is 0 Å². The van der Waals surface area contributed by atoms with Gasteiger partial charge in [-0.15, -0.1) is 0 Å². The molecule has 0 aliphatic carbocycles. The maximum atomic E-state index is 5.85. The van der Waals surface area contributed by atoms with E-state index in [9.17, 15) is 0 Å². The minimum atomic E-state index is -1.31. The van der Waals surface area contributed by atoms with E-state index in [1.54, 1.807) is 0 Å². The van der Waals surface area contributed by atoms with Crippen LogP contribution in [0.1, 0.15) is 22.3 Å². The summed E-state index contributed by atoms with van der Waals surface area (Å²) in [5.74, 6) is 0. The van der Waals surface area contributed by atoms with Crippen molar-refractivity contribution < 1.29 is 27.1 Å². The van der Waals surface area contributed by atoms with E-state index in [4.69, 9.17) is 27.1 Å². The minimum Gasteiger partial charge on any atom is -0.312 e. The van der Waals surface area contributed by atoms with Gasteiger partial charge in [-0.2, -0.15) is 0 Å². The first kappa shape index (κ1) is 23.2. The van der Waals surface area contributed by atoms with Crippen LogP contribution in [0.4, 0.5) is 0 Å². The molecule has 168 valence electrons. The van der Waals surface area contributed by atoms with Crippen molar-refractivity contribution in [2.24, 2.45) is 5.41 Å². The molecule has 8 heteroatoms. The lowest BCUT2D eigenvalue weighted by molar-refractivity contribution is -0.0758. The van der Waals surface area contributed by atoms with Gasteiger partial charge in [-0.25, -0.2) is 0 Å². The van der Waals surface area contributed by atoms with Gasteiger partial charge in [-0.05, 0) is 37.8 Å². The molecule has 0 atom stereocenters. The first-order chi connectivity index (χ1) is 15.1. The highest BCUT2D eigenvalue weighted by Crippen LogP contribution is 2.52. The Balaban J connectivity index is 1.12. The fourth-order valence-electron chi connectivity index (χ4n) is 3.44. The Morgan fingerprint density at radius 2 is 1.13 bits per heavy atom. The van der Waals surface area contributed by atoms with E-state index in [1.165, 1.54) is 22.3 Å². The fourth-order valence-corrected chi connectivity index (χ4v) is 5.89. The van der Waals surface area contributed by atoms with Crippen LogP contribution in [0.3, 0.4) is 0 Å². The Morgan fingerprint density at radius 3 is 1.52 bits per heavy atom. The van der Waals surface area contributed by atoms with Gasteiger partial charge in [0, 0.05) is 0 Å². The minimum absolute atomic E-state index is 0.280. The van der Waals surface area contributed by atoms with Crippen LogP contribution in [0.15, 0.2) is 48.5 Å². The first-order valence-electron chi connectivity index (χ1n) is 10.6. The quantitative estimate of drug-likeness (QED) is 0.471. The van der Waals surface area contributed by atoms with Crippen molar-refractivity contribution in [1.29, 1.82) is 0 Å². The summed E-state index contributed by atoms with van der Waals surface area (Å²) in [5, 5.41) is 0. The van der Waals surface area contributed by atoms with Crippen LogP contribution in [-0.2, 0) is 40.0 Å². The van der Waals surface area contributed by atoms with E-state index in [-0.39, 0.29) is 5.41 Å². The SMILES string of the molecule is Cc1cccc(CCOP2OCC3(CO2)COP(OCCc2cccc(C)c2)OC3)c1. The maximum Gasteiger partial charge on any atom is 0.332 e. The molecule has 2 aromatic rings. The smallest absolute Gasteiger partial charge is 0.312 e. The second-order valence-corrected chi connectivity index (χ2v) is 10.6. The highest BCUT2D eigenvalue weighted by molar-refractivity contribution is 7.42. The molecule has 0 aromatic heterocycles. The molecular formula is C23H30O6P2. The van der Waals surface area contributed by atoms with Crippen molar-refractivity contribution in [3.63, 3.8) is 0 Å². The Morgan fingerprint density at radius 1 is 0.710 bits per heavy atom. The molecule has 2 aliphatic heterocycles. The van der Waals surface area contributed by atoms with Crippen molar-refractivity contribution in [3.8, 4) is 0 Å². The predicted molar refractivity (Wildman–Crippen MR) is 122 cm³/mol. The number of hydrogen-bond acceptors (Lipinski definition) is 6. The fraction of sp³-hybridized carbons (Fsp3) is 0.478. The molecule has 6 nitrogen and oxygen atoms in total. The average Bonchev–Trinajstić information content (AvgIpc) is 2.77. The largest absolute Gasteiger partial charge is 0.332 e. The van der Waals surface area contributed by atoms with Crippen molar-refractivity contribution >= 4 is 17.2 Å². The molecule has 2 heterocycles. The third-order valence-corrected chi connectivity index (χ3v) is 7.39. The van der Waals surface area contributed by atoms with E-state index in [0.29, 0.717) is 39.6 Å². The van der Waals surface area contributed by atoms with Crippen LogP contribution in [0.5, 0.6) is 0 Å². The Labute approximate surface area is 187 Å². The third kappa shape index (κ3) is 7.02. The summed E-state index contributed by atoms with van der Waals surface area (Å²) < 4.78 is 35.0. The second-order valence-electron chi connectivity index (χ2n) is 8.19.